The molecule has 8 heteroatoms. The third-order valence-electron chi connectivity index (χ3n) is 4.76. The van der Waals surface area contributed by atoms with Gasteiger partial charge in [0, 0.05) is 37.1 Å². The van der Waals surface area contributed by atoms with Gasteiger partial charge in [0.05, 0.1) is 18.2 Å². The van der Waals surface area contributed by atoms with Crippen molar-refractivity contribution in [2.75, 3.05) is 46.0 Å². The van der Waals surface area contributed by atoms with E-state index < -0.39 is 0 Å². The molecule has 26 heavy (non-hydrogen) atoms. The highest BCUT2D eigenvalue weighted by molar-refractivity contribution is 6.35. The molecule has 2 fully saturated rings. The fourth-order valence-corrected chi connectivity index (χ4v) is 3.70. The Bertz CT molecular complexity index is 657. The minimum Gasteiger partial charge on any atom is -0.482 e. The standard InChI is InChI=1S/C18H22Cl2N2O4/c19-14-1-2-16(15(20)11-14)26-12-17(23)21-5-3-13(4-6-21)18(24)22-7-9-25-10-8-22/h1-2,11,13H,3-10,12H2. The molecule has 0 aliphatic carbocycles. The molecule has 3 rings (SSSR count). The van der Waals surface area contributed by atoms with Crippen molar-refractivity contribution in [1.82, 2.24) is 9.80 Å². The lowest BCUT2D eigenvalue weighted by molar-refractivity contribution is -0.144. The smallest absolute Gasteiger partial charge is 0.260 e. The van der Waals surface area contributed by atoms with E-state index in [2.05, 4.69) is 0 Å². The zero-order valence-electron chi connectivity index (χ0n) is 14.5. The number of hydrogen-bond donors (Lipinski definition) is 0. The molecule has 0 aromatic heterocycles. The van der Waals surface area contributed by atoms with E-state index in [1.165, 1.54) is 0 Å². The van der Waals surface area contributed by atoms with E-state index in [4.69, 9.17) is 32.7 Å². The third-order valence-corrected chi connectivity index (χ3v) is 5.30. The zero-order chi connectivity index (χ0) is 18.5. The van der Waals surface area contributed by atoms with Gasteiger partial charge in [0.25, 0.3) is 5.91 Å². The molecule has 0 saturated carbocycles. The first-order valence-corrected chi connectivity index (χ1v) is 9.52. The molecule has 2 heterocycles. The number of piperidine rings is 1. The van der Waals surface area contributed by atoms with Crippen LogP contribution in [0.5, 0.6) is 5.75 Å². The highest BCUT2D eigenvalue weighted by Crippen LogP contribution is 2.27. The Morgan fingerprint density at radius 3 is 2.42 bits per heavy atom. The van der Waals surface area contributed by atoms with Gasteiger partial charge in [-0.3, -0.25) is 9.59 Å². The predicted octanol–water partition coefficient (Wildman–Crippen LogP) is 2.47. The highest BCUT2D eigenvalue weighted by Gasteiger charge is 2.30. The summed E-state index contributed by atoms with van der Waals surface area (Å²) >= 11 is 11.9. The van der Waals surface area contributed by atoms with Gasteiger partial charge in [-0.25, -0.2) is 0 Å². The second-order valence-corrected chi connectivity index (χ2v) is 7.30. The lowest BCUT2D eigenvalue weighted by atomic mass is 9.95. The number of rotatable bonds is 4. The molecule has 2 saturated heterocycles. The van der Waals surface area contributed by atoms with E-state index in [1.54, 1.807) is 23.1 Å². The monoisotopic (exact) mass is 400 g/mol. The third kappa shape index (κ3) is 4.81. The molecule has 0 bridgehead atoms. The van der Waals surface area contributed by atoms with Crippen LogP contribution in [0.15, 0.2) is 18.2 Å². The number of nitrogens with zero attached hydrogens (tertiary/aromatic N) is 2. The number of amides is 2. The van der Waals surface area contributed by atoms with Gasteiger partial charge in [-0.1, -0.05) is 23.2 Å². The minimum atomic E-state index is -0.103. The lowest BCUT2D eigenvalue weighted by Gasteiger charge is -2.35. The van der Waals surface area contributed by atoms with Crippen molar-refractivity contribution >= 4 is 35.0 Å². The van der Waals surface area contributed by atoms with Gasteiger partial charge in [-0.15, -0.1) is 0 Å². The van der Waals surface area contributed by atoms with E-state index in [1.807, 2.05) is 4.90 Å². The van der Waals surface area contributed by atoms with Crippen LogP contribution in [0.4, 0.5) is 0 Å². The lowest BCUT2D eigenvalue weighted by Crippen LogP contribution is -2.48. The zero-order valence-corrected chi connectivity index (χ0v) is 16.0. The van der Waals surface area contributed by atoms with E-state index in [0.717, 1.165) is 0 Å². The van der Waals surface area contributed by atoms with Crippen LogP contribution in [0.2, 0.25) is 10.0 Å². The first-order chi connectivity index (χ1) is 12.5. The van der Waals surface area contributed by atoms with Crippen LogP contribution >= 0.6 is 23.2 Å². The van der Waals surface area contributed by atoms with Crippen molar-refractivity contribution in [1.29, 1.82) is 0 Å². The summed E-state index contributed by atoms with van der Waals surface area (Å²) in [6.07, 6.45) is 1.37. The summed E-state index contributed by atoms with van der Waals surface area (Å²) in [6, 6.07) is 4.88. The quantitative estimate of drug-likeness (QED) is 0.778. The normalized spacial score (nSPS) is 18.7. The molecule has 0 atom stereocenters. The Balaban J connectivity index is 1.45. The summed E-state index contributed by atoms with van der Waals surface area (Å²) in [5.74, 6) is 0.503. The average molecular weight is 401 g/mol. The number of carbonyl (C=O) groups is 2. The van der Waals surface area contributed by atoms with Crippen molar-refractivity contribution in [3.8, 4) is 5.75 Å². The summed E-state index contributed by atoms with van der Waals surface area (Å²) in [4.78, 5) is 28.5. The number of carbonyl (C=O) groups excluding carboxylic acids is 2. The largest absolute Gasteiger partial charge is 0.482 e. The molecule has 1 aromatic carbocycles. The number of hydrogen-bond acceptors (Lipinski definition) is 4. The highest BCUT2D eigenvalue weighted by atomic mass is 35.5. The molecular weight excluding hydrogens is 379 g/mol. The molecule has 6 nitrogen and oxygen atoms in total. The topological polar surface area (TPSA) is 59.1 Å². The molecule has 142 valence electrons. The first-order valence-electron chi connectivity index (χ1n) is 8.77. The van der Waals surface area contributed by atoms with Crippen molar-refractivity contribution in [2.45, 2.75) is 12.8 Å². The van der Waals surface area contributed by atoms with Crippen LogP contribution in [-0.2, 0) is 14.3 Å². The Hall–Kier alpha value is -1.50. The predicted molar refractivity (Wildman–Crippen MR) is 98.7 cm³/mol. The SMILES string of the molecule is O=C(COc1ccc(Cl)cc1Cl)N1CCC(C(=O)N2CCOCC2)CC1. The number of benzene rings is 1. The van der Waals surface area contributed by atoms with Crippen LogP contribution in [0.3, 0.4) is 0 Å². The van der Waals surface area contributed by atoms with E-state index >= 15 is 0 Å². The molecule has 2 amide bonds. The molecular formula is C18H22Cl2N2O4. The summed E-state index contributed by atoms with van der Waals surface area (Å²) in [7, 11) is 0. The number of likely N-dealkylation sites (tertiary alicyclic amines) is 1. The van der Waals surface area contributed by atoms with Gasteiger partial charge >= 0.3 is 0 Å². The van der Waals surface area contributed by atoms with Crippen LogP contribution in [0, 0.1) is 5.92 Å². The fraction of sp³-hybridized carbons (Fsp3) is 0.556. The van der Waals surface area contributed by atoms with Crippen LogP contribution in [0.25, 0.3) is 0 Å². The van der Waals surface area contributed by atoms with Gasteiger partial charge < -0.3 is 19.3 Å². The van der Waals surface area contributed by atoms with Gasteiger partial charge in [0.2, 0.25) is 5.91 Å². The second kappa shape index (κ2) is 8.93. The average Bonchev–Trinajstić information content (AvgIpc) is 2.67. The molecule has 1 aromatic rings. The van der Waals surface area contributed by atoms with Gasteiger partial charge in [0.1, 0.15) is 5.75 Å². The molecule has 0 N–H and O–H groups in total. The van der Waals surface area contributed by atoms with Crippen molar-refractivity contribution in [3.05, 3.63) is 28.2 Å². The molecule has 0 radical (unpaired) electrons. The maximum atomic E-state index is 12.5. The fourth-order valence-electron chi connectivity index (χ4n) is 3.24. The first kappa shape index (κ1) is 19.3. The van der Waals surface area contributed by atoms with Gasteiger partial charge in [0.15, 0.2) is 6.61 Å². The molecule has 2 aliphatic rings. The summed E-state index contributed by atoms with van der Waals surface area (Å²) in [6.45, 7) is 3.58. The number of halogens is 2. The summed E-state index contributed by atoms with van der Waals surface area (Å²) in [5, 5.41) is 0.890. The van der Waals surface area contributed by atoms with E-state index in [0.29, 0.717) is 68.0 Å². The maximum Gasteiger partial charge on any atom is 0.260 e. The van der Waals surface area contributed by atoms with Crippen LogP contribution in [-0.4, -0.2) is 67.6 Å². The van der Waals surface area contributed by atoms with Gasteiger partial charge in [-0.05, 0) is 31.0 Å². The molecule has 2 aliphatic heterocycles. The van der Waals surface area contributed by atoms with Crippen molar-refractivity contribution < 1.29 is 19.1 Å². The number of morpholine rings is 1. The van der Waals surface area contributed by atoms with Gasteiger partial charge in [-0.2, -0.15) is 0 Å². The minimum absolute atomic E-state index is 0.0104. The molecule has 0 spiro atoms. The maximum absolute atomic E-state index is 12.5. The Labute approximate surface area is 162 Å². The summed E-state index contributed by atoms with van der Waals surface area (Å²) < 4.78 is 10.8. The van der Waals surface area contributed by atoms with Crippen LogP contribution in [0.1, 0.15) is 12.8 Å². The van der Waals surface area contributed by atoms with E-state index in [-0.39, 0.29) is 24.3 Å². The Morgan fingerprint density at radius 2 is 1.77 bits per heavy atom. The Morgan fingerprint density at radius 1 is 1.08 bits per heavy atom. The van der Waals surface area contributed by atoms with E-state index in [9.17, 15) is 9.59 Å². The number of ether oxygens (including phenoxy) is 2. The van der Waals surface area contributed by atoms with Crippen LogP contribution < -0.4 is 4.74 Å². The van der Waals surface area contributed by atoms with Crippen molar-refractivity contribution in [3.63, 3.8) is 0 Å². The van der Waals surface area contributed by atoms with Crippen molar-refractivity contribution in [2.24, 2.45) is 5.92 Å². The summed E-state index contributed by atoms with van der Waals surface area (Å²) in [5.41, 5.74) is 0. The molecule has 0 unspecified atom stereocenters. The second-order valence-electron chi connectivity index (χ2n) is 6.46. The Kier molecular flexibility index (Phi) is 6.62.